The Morgan fingerprint density at radius 3 is 2.39 bits per heavy atom. The van der Waals surface area contributed by atoms with Crippen molar-refractivity contribution in [2.24, 2.45) is 0 Å². The molecule has 0 aliphatic carbocycles. The van der Waals surface area contributed by atoms with Gasteiger partial charge in [-0.25, -0.2) is 0 Å². The molecule has 1 atom stereocenters. The number of hydrogen-bond acceptors (Lipinski definition) is 3. The van der Waals surface area contributed by atoms with Crippen molar-refractivity contribution >= 4 is 17.9 Å². The highest BCUT2D eigenvalue weighted by Gasteiger charge is 2.40. The summed E-state index contributed by atoms with van der Waals surface area (Å²) in [5.74, 6) is 0.462. The molecule has 0 bridgehead atoms. The summed E-state index contributed by atoms with van der Waals surface area (Å²) in [4.78, 5) is 27.4. The number of nitrogens with zero attached hydrogens (tertiary/aromatic N) is 1. The Bertz CT molecular complexity index is 1150. The monoisotopic (exact) mass is 410 g/mol. The van der Waals surface area contributed by atoms with Crippen LogP contribution in [0.25, 0.3) is 6.08 Å². The number of rotatable bonds is 4. The third-order valence-corrected chi connectivity index (χ3v) is 5.74. The highest BCUT2D eigenvalue weighted by molar-refractivity contribution is 6.07. The van der Waals surface area contributed by atoms with Gasteiger partial charge in [0.15, 0.2) is 0 Å². The van der Waals surface area contributed by atoms with Crippen molar-refractivity contribution in [2.75, 3.05) is 0 Å². The summed E-state index contributed by atoms with van der Waals surface area (Å²) in [5.41, 5.74) is 4.46. The largest absolute Gasteiger partial charge is 0.489 e. The van der Waals surface area contributed by atoms with Gasteiger partial charge in [-0.05, 0) is 40.5 Å². The van der Waals surface area contributed by atoms with E-state index in [9.17, 15) is 9.59 Å². The summed E-state index contributed by atoms with van der Waals surface area (Å²) < 4.78 is 5.81. The average molecular weight is 410 g/mol. The van der Waals surface area contributed by atoms with Gasteiger partial charge in [-0.1, -0.05) is 66.7 Å². The molecule has 1 saturated heterocycles. The van der Waals surface area contributed by atoms with Gasteiger partial charge in [-0.3, -0.25) is 9.59 Å². The van der Waals surface area contributed by atoms with E-state index >= 15 is 0 Å². The molecular weight excluding hydrogens is 388 g/mol. The molecule has 5 heteroatoms. The fourth-order valence-corrected chi connectivity index (χ4v) is 4.06. The van der Waals surface area contributed by atoms with Gasteiger partial charge in [-0.2, -0.15) is 0 Å². The van der Waals surface area contributed by atoms with Crippen LogP contribution in [0.15, 0.2) is 84.6 Å². The Morgan fingerprint density at radius 1 is 0.903 bits per heavy atom. The molecule has 2 amide bonds. The molecule has 0 spiro atoms. The smallest absolute Gasteiger partial charge is 0.271 e. The molecule has 2 aliphatic rings. The van der Waals surface area contributed by atoms with Crippen molar-refractivity contribution in [3.05, 3.63) is 107 Å². The molecule has 31 heavy (non-hydrogen) atoms. The molecule has 0 radical (unpaired) electrons. The second kappa shape index (κ2) is 8.11. The highest BCUT2D eigenvalue weighted by Crippen LogP contribution is 2.28. The zero-order valence-electron chi connectivity index (χ0n) is 17.0. The van der Waals surface area contributed by atoms with Gasteiger partial charge in [0.05, 0.1) is 0 Å². The number of fused-ring (bicyclic) bond motifs is 2. The number of carbonyl (C=O) groups is 2. The van der Waals surface area contributed by atoms with Gasteiger partial charge in [0.25, 0.3) is 5.91 Å². The summed E-state index contributed by atoms with van der Waals surface area (Å²) >= 11 is 0. The first-order valence-electron chi connectivity index (χ1n) is 10.3. The summed E-state index contributed by atoms with van der Waals surface area (Å²) in [5, 5.41) is 2.81. The molecule has 0 saturated carbocycles. The van der Waals surface area contributed by atoms with Crippen LogP contribution in [0, 0.1) is 0 Å². The molecule has 2 heterocycles. The van der Waals surface area contributed by atoms with E-state index in [-0.39, 0.29) is 11.8 Å². The Morgan fingerprint density at radius 2 is 1.61 bits per heavy atom. The standard InChI is InChI=1S/C26H22N2O3/c29-25-24-15-20-8-4-5-9-21(20)16-28(24)26(30)23(27-25)14-18-10-12-22(13-11-18)31-17-19-6-2-1-3-7-19/h1-14,24H,15-17H2,(H,27,29). The SMILES string of the molecule is O=C1NC(=Cc2ccc(OCc3ccccc3)cc2)C(=O)N2Cc3ccccc3CC12. The first-order valence-corrected chi connectivity index (χ1v) is 10.3. The molecule has 0 aromatic heterocycles. The molecule has 2 aliphatic heterocycles. The van der Waals surface area contributed by atoms with E-state index in [0.29, 0.717) is 25.3 Å². The maximum atomic E-state index is 13.1. The van der Waals surface area contributed by atoms with Crippen molar-refractivity contribution in [3.63, 3.8) is 0 Å². The van der Waals surface area contributed by atoms with Crippen LogP contribution in [0.4, 0.5) is 0 Å². The number of piperazine rings is 1. The lowest BCUT2D eigenvalue weighted by atomic mass is 9.91. The van der Waals surface area contributed by atoms with Crippen LogP contribution in [0.2, 0.25) is 0 Å². The molecule has 3 aromatic rings. The maximum Gasteiger partial charge on any atom is 0.271 e. The normalized spacial score (nSPS) is 18.9. The van der Waals surface area contributed by atoms with Crippen molar-refractivity contribution in [1.82, 2.24) is 10.2 Å². The van der Waals surface area contributed by atoms with Crippen molar-refractivity contribution in [3.8, 4) is 5.75 Å². The fraction of sp³-hybridized carbons (Fsp3) is 0.154. The van der Waals surface area contributed by atoms with Crippen LogP contribution in [-0.4, -0.2) is 22.8 Å². The van der Waals surface area contributed by atoms with Gasteiger partial charge < -0.3 is 15.0 Å². The van der Waals surface area contributed by atoms with Gasteiger partial charge in [-0.15, -0.1) is 0 Å². The zero-order chi connectivity index (χ0) is 21.2. The van der Waals surface area contributed by atoms with E-state index in [1.54, 1.807) is 11.0 Å². The molecule has 3 aromatic carbocycles. The number of hydrogen-bond donors (Lipinski definition) is 1. The Balaban J connectivity index is 1.31. The van der Waals surface area contributed by atoms with Crippen molar-refractivity contribution in [2.45, 2.75) is 25.6 Å². The molecule has 154 valence electrons. The molecule has 5 rings (SSSR count). The van der Waals surface area contributed by atoms with Gasteiger partial charge in [0.2, 0.25) is 5.91 Å². The van der Waals surface area contributed by atoms with Crippen molar-refractivity contribution in [1.29, 1.82) is 0 Å². The van der Waals surface area contributed by atoms with E-state index < -0.39 is 6.04 Å². The molecule has 5 nitrogen and oxygen atoms in total. The Kier molecular flexibility index (Phi) is 5.00. The first kappa shape index (κ1) is 19.1. The van der Waals surface area contributed by atoms with E-state index in [2.05, 4.69) is 5.32 Å². The lowest BCUT2D eigenvalue weighted by Crippen LogP contribution is -2.58. The van der Waals surface area contributed by atoms with Crippen LogP contribution >= 0.6 is 0 Å². The molecular formula is C26H22N2O3. The van der Waals surface area contributed by atoms with E-state index in [1.165, 1.54) is 0 Å². The second-order valence-electron chi connectivity index (χ2n) is 7.81. The number of amides is 2. The van der Waals surface area contributed by atoms with E-state index in [1.807, 2.05) is 78.9 Å². The van der Waals surface area contributed by atoms with E-state index in [0.717, 1.165) is 28.0 Å². The van der Waals surface area contributed by atoms with E-state index in [4.69, 9.17) is 4.74 Å². The number of benzene rings is 3. The quantitative estimate of drug-likeness (QED) is 0.668. The molecule has 1 N–H and O–H groups in total. The molecule has 1 unspecified atom stereocenters. The maximum absolute atomic E-state index is 13.1. The summed E-state index contributed by atoms with van der Waals surface area (Å²) in [6.45, 7) is 0.949. The first-order chi connectivity index (χ1) is 15.2. The Hall–Kier alpha value is -3.86. The second-order valence-corrected chi connectivity index (χ2v) is 7.81. The zero-order valence-corrected chi connectivity index (χ0v) is 17.0. The van der Waals surface area contributed by atoms with Gasteiger partial charge in [0, 0.05) is 13.0 Å². The minimum atomic E-state index is -0.451. The summed E-state index contributed by atoms with van der Waals surface area (Å²) in [6.07, 6.45) is 2.27. The summed E-state index contributed by atoms with van der Waals surface area (Å²) in [7, 11) is 0. The van der Waals surface area contributed by atoms with Crippen LogP contribution in [0.1, 0.15) is 22.3 Å². The lowest BCUT2D eigenvalue weighted by molar-refractivity contribution is -0.143. The Labute approximate surface area is 181 Å². The summed E-state index contributed by atoms with van der Waals surface area (Å²) in [6, 6.07) is 25.0. The molecule has 1 fully saturated rings. The van der Waals surface area contributed by atoms with Crippen LogP contribution in [0.3, 0.4) is 0 Å². The highest BCUT2D eigenvalue weighted by atomic mass is 16.5. The topological polar surface area (TPSA) is 58.6 Å². The van der Waals surface area contributed by atoms with Crippen LogP contribution in [0.5, 0.6) is 5.75 Å². The predicted octanol–water partition coefficient (Wildman–Crippen LogP) is 3.69. The number of ether oxygens (including phenoxy) is 1. The van der Waals surface area contributed by atoms with Crippen molar-refractivity contribution < 1.29 is 14.3 Å². The van der Waals surface area contributed by atoms with Gasteiger partial charge >= 0.3 is 0 Å². The lowest BCUT2D eigenvalue weighted by Gasteiger charge is -2.39. The van der Waals surface area contributed by atoms with Gasteiger partial charge in [0.1, 0.15) is 24.1 Å². The fourth-order valence-electron chi connectivity index (χ4n) is 4.06. The number of nitrogens with one attached hydrogen (secondary N) is 1. The third kappa shape index (κ3) is 3.94. The minimum absolute atomic E-state index is 0.136. The number of carbonyl (C=O) groups excluding carboxylic acids is 2. The third-order valence-electron chi connectivity index (χ3n) is 5.74. The predicted molar refractivity (Wildman–Crippen MR) is 118 cm³/mol. The minimum Gasteiger partial charge on any atom is -0.489 e. The van der Waals surface area contributed by atoms with Crippen LogP contribution < -0.4 is 10.1 Å². The van der Waals surface area contributed by atoms with Crippen LogP contribution in [-0.2, 0) is 29.2 Å². The average Bonchev–Trinajstić information content (AvgIpc) is 2.81.